The average Bonchev–Trinajstić information content (AvgIpc) is 3.38. The summed E-state index contributed by atoms with van der Waals surface area (Å²) in [5, 5.41) is 9.71. The maximum absolute atomic E-state index is 12.9. The number of hydrogen-bond acceptors (Lipinski definition) is 7. The highest BCUT2D eigenvalue weighted by Crippen LogP contribution is 2.15. The summed E-state index contributed by atoms with van der Waals surface area (Å²) in [7, 11) is 5.96. The first-order chi connectivity index (χ1) is 36.6. The van der Waals surface area contributed by atoms with Crippen LogP contribution >= 0.6 is 0 Å². The third-order valence-electron chi connectivity index (χ3n) is 12.8. The highest BCUT2D eigenvalue weighted by Gasteiger charge is 2.25. The van der Waals surface area contributed by atoms with Gasteiger partial charge in [0.25, 0.3) is 6.29 Å². The minimum atomic E-state index is -1.52. The number of carbonyl (C=O) groups excluding carboxylic acids is 2. The first-order valence-corrected chi connectivity index (χ1v) is 30.4. The molecule has 430 valence electrons. The summed E-state index contributed by atoms with van der Waals surface area (Å²) in [6.45, 7) is 4.74. The number of allylic oxidation sites excluding steroid dienone is 16. The van der Waals surface area contributed by atoms with Gasteiger partial charge in [-0.1, -0.05) is 233 Å². The molecular formula is C66H114NO8+. The summed E-state index contributed by atoms with van der Waals surface area (Å²) < 4.78 is 22.9. The maximum atomic E-state index is 12.9. The summed E-state index contributed by atoms with van der Waals surface area (Å²) in [4.78, 5) is 37.5. The molecule has 0 spiro atoms. The van der Waals surface area contributed by atoms with Gasteiger partial charge in [-0.15, -0.1) is 0 Å². The topological polar surface area (TPSA) is 108 Å². The van der Waals surface area contributed by atoms with Crippen LogP contribution in [0.2, 0.25) is 0 Å². The standard InChI is InChI=1S/C66H113NO8/c1-6-8-10-12-14-16-18-20-22-24-26-28-30-31-32-33-35-36-38-40-42-44-46-48-50-52-54-56-63(68)73-60-62(61-74-66(65(70)71)72-59-58-67(3,4)5)75-64(69)57-55-53-51-49-47-45-43-41-39-37-34-29-27-25-23-21-19-17-15-13-11-9-7-2/h9,11,15,17-18,20-21,23-24,26-27,29-31,37,39,62,66H,6-8,10,12-14,16,19,22,25,28,32-36,38,40-61H2,1-5H3/p+1/b11-9-,17-15-,20-18-,23-21-,26-24-,29-27-,31-30-,39-37-. The van der Waals surface area contributed by atoms with Crippen LogP contribution in [0.15, 0.2) is 97.2 Å². The fourth-order valence-electron chi connectivity index (χ4n) is 8.16. The molecule has 0 aromatic carbocycles. The number of esters is 2. The summed E-state index contributed by atoms with van der Waals surface area (Å²) >= 11 is 0. The maximum Gasteiger partial charge on any atom is 0.361 e. The van der Waals surface area contributed by atoms with Crippen molar-refractivity contribution in [2.24, 2.45) is 0 Å². The molecule has 9 nitrogen and oxygen atoms in total. The Morgan fingerprint density at radius 1 is 0.413 bits per heavy atom. The van der Waals surface area contributed by atoms with Crippen molar-refractivity contribution in [1.82, 2.24) is 0 Å². The van der Waals surface area contributed by atoms with E-state index >= 15 is 0 Å². The quantitative estimate of drug-likeness (QED) is 0.0211. The molecule has 75 heavy (non-hydrogen) atoms. The van der Waals surface area contributed by atoms with E-state index in [1.807, 2.05) is 21.1 Å². The molecule has 2 unspecified atom stereocenters. The Morgan fingerprint density at radius 2 is 0.760 bits per heavy atom. The van der Waals surface area contributed by atoms with Gasteiger partial charge in [0.05, 0.1) is 34.4 Å². The lowest BCUT2D eigenvalue weighted by molar-refractivity contribution is -0.870. The number of hydrogen-bond donors (Lipinski definition) is 1. The predicted octanol–water partition coefficient (Wildman–Crippen LogP) is 18.1. The Kier molecular flexibility index (Phi) is 53.6. The van der Waals surface area contributed by atoms with Gasteiger partial charge in [0.1, 0.15) is 13.2 Å². The van der Waals surface area contributed by atoms with Crippen molar-refractivity contribution in [2.45, 2.75) is 257 Å². The van der Waals surface area contributed by atoms with Gasteiger partial charge in [0, 0.05) is 12.8 Å². The molecule has 0 aromatic rings. The molecule has 0 fully saturated rings. The molecule has 1 N–H and O–H groups in total. The van der Waals surface area contributed by atoms with Crippen molar-refractivity contribution in [3.63, 3.8) is 0 Å². The molecule has 0 aliphatic heterocycles. The van der Waals surface area contributed by atoms with Gasteiger partial charge in [-0.3, -0.25) is 9.59 Å². The Hall–Kier alpha value is -3.79. The Morgan fingerprint density at radius 3 is 1.13 bits per heavy atom. The molecule has 0 radical (unpaired) electrons. The molecule has 0 saturated heterocycles. The van der Waals surface area contributed by atoms with E-state index in [1.54, 1.807) is 0 Å². The second-order valence-corrected chi connectivity index (χ2v) is 21.3. The Labute approximate surface area is 461 Å². The summed E-state index contributed by atoms with van der Waals surface area (Å²) in [5.41, 5.74) is 0. The van der Waals surface area contributed by atoms with Crippen LogP contribution in [0, 0.1) is 0 Å². The largest absolute Gasteiger partial charge is 0.477 e. The van der Waals surface area contributed by atoms with Gasteiger partial charge >= 0.3 is 17.9 Å². The third kappa shape index (κ3) is 57.7. The van der Waals surface area contributed by atoms with Gasteiger partial charge in [0.15, 0.2) is 6.10 Å². The van der Waals surface area contributed by atoms with E-state index in [4.69, 9.17) is 18.9 Å². The number of ether oxygens (including phenoxy) is 4. The zero-order valence-corrected chi connectivity index (χ0v) is 48.9. The predicted molar refractivity (Wildman–Crippen MR) is 318 cm³/mol. The molecule has 0 rings (SSSR count). The fraction of sp³-hybridized carbons (Fsp3) is 0.712. The van der Waals surface area contributed by atoms with Crippen LogP contribution in [0.4, 0.5) is 0 Å². The van der Waals surface area contributed by atoms with Crippen molar-refractivity contribution in [1.29, 1.82) is 0 Å². The number of unbranched alkanes of at least 4 members (excludes halogenated alkanes) is 24. The Bertz CT molecular complexity index is 1550. The van der Waals surface area contributed by atoms with E-state index in [2.05, 4.69) is 111 Å². The van der Waals surface area contributed by atoms with E-state index in [9.17, 15) is 19.5 Å². The van der Waals surface area contributed by atoms with Crippen LogP contribution in [0.3, 0.4) is 0 Å². The van der Waals surface area contributed by atoms with E-state index < -0.39 is 24.3 Å². The van der Waals surface area contributed by atoms with Crippen LogP contribution in [0.5, 0.6) is 0 Å². The minimum absolute atomic E-state index is 0.180. The third-order valence-corrected chi connectivity index (χ3v) is 12.8. The molecule has 2 atom stereocenters. The lowest BCUT2D eigenvalue weighted by Crippen LogP contribution is -2.40. The van der Waals surface area contributed by atoms with Crippen LogP contribution < -0.4 is 0 Å². The van der Waals surface area contributed by atoms with Crippen LogP contribution in [-0.2, 0) is 33.3 Å². The molecule has 0 aliphatic rings. The second kappa shape index (κ2) is 56.4. The molecular weight excluding hydrogens is 935 g/mol. The molecule has 9 heteroatoms. The smallest absolute Gasteiger partial charge is 0.361 e. The van der Waals surface area contributed by atoms with Gasteiger partial charge in [-0.2, -0.15) is 0 Å². The van der Waals surface area contributed by atoms with Crippen molar-refractivity contribution in [3.05, 3.63) is 97.2 Å². The van der Waals surface area contributed by atoms with Crippen molar-refractivity contribution in [3.8, 4) is 0 Å². The molecule has 0 bridgehead atoms. The molecule has 0 heterocycles. The van der Waals surface area contributed by atoms with E-state index in [1.165, 1.54) is 122 Å². The summed E-state index contributed by atoms with van der Waals surface area (Å²) in [6.07, 6.45) is 73.4. The minimum Gasteiger partial charge on any atom is -0.477 e. The van der Waals surface area contributed by atoms with Crippen molar-refractivity contribution in [2.75, 3.05) is 47.5 Å². The van der Waals surface area contributed by atoms with Crippen LogP contribution in [0.1, 0.15) is 245 Å². The summed E-state index contributed by atoms with van der Waals surface area (Å²) in [6, 6.07) is 0. The number of carboxylic acid groups (broad SMARTS) is 1. The number of carbonyl (C=O) groups is 3. The van der Waals surface area contributed by atoms with E-state index in [-0.39, 0.29) is 32.2 Å². The zero-order valence-electron chi connectivity index (χ0n) is 48.9. The van der Waals surface area contributed by atoms with E-state index in [0.29, 0.717) is 23.9 Å². The Balaban J connectivity index is 4.25. The number of quaternary nitrogens is 1. The van der Waals surface area contributed by atoms with Gasteiger partial charge in [0.2, 0.25) is 0 Å². The first-order valence-electron chi connectivity index (χ1n) is 30.4. The highest BCUT2D eigenvalue weighted by molar-refractivity contribution is 5.71. The van der Waals surface area contributed by atoms with Gasteiger partial charge in [-0.05, 0) is 96.3 Å². The average molecular weight is 1050 g/mol. The molecule has 0 amide bonds. The molecule has 0 saturated carbocycles. The monoisotopic (exact) mass is 1050 g/mol. The van der Waals surface area contributed by atoms with Crippen molar-refractivity contribution < 1.29 is 42.9 Å². The first kappa shape index (κ1) is 71.2. The van der Waals surface area contributed by atoms with Crippen LogP contribution in [-0.4, -0.2) is 87.4 Å². The van der Waals surface area contributed by atoms with Crippen molar-refractivity contribution >= 4 is 17.9 Å². The number of aliphatic carboxylic acids is 1. The van der Waals surface area contributed by atoms with Gasteiger partial charge < -0.3 is 28.5 Å². The fourth-order valence-corrected chi connectivity index (χ4v) is 8.16. The zero-order chi connectivity index (χ0) is 54.8. The number of rotatable bonds is 55. The van der Waals surface area contributed by atoms with E-state index in [0.717, 1.165) is 89.9 Å². The lowest BCUT2D eigenvalue weighted by Gasteiger charge is -2.25. The SMILES string of the molecule is CC/C=C\C/C=C\C/C=C\C/C=C\C/C=C\CCCCCCCCCC(=O)OC(COC(=O)CCCCCCCCCCCCCC/C=C\C/C=C\C/C=C\CCCCCCC)COC(OCC[N+](C)(C)C)C(=O)O. The van der Waals surface area contributed by atoms with Crippen LogP contribution in [0.25, 0.3) is 0 Å². The number of carboxylic acids is 1. The summed E-state index contributed by atoms with van der Waals surface area (Å²) in [5.74, 6) is -2.03. The lowest BCUT2D eigenvalue weighted by atomic mass is 10.0. The van der Waals surface area contributed by atoms with Gasteiger partial charge in [-0.25, -0.2) is 4.79 Å². The molecule has 0 aromatic heterocycles. The number of nitrogens with zero attached hydrogens (tertiary/aromatic N) is 1. The highest BCUT2D eigenvalue weighted by atomic mass is 16.7. The normalized spacial score (nSPS) is 13.5. The molecule has 0 aliphatic carbocycles. The second-order valence-electron chi connectivity index (χ2n) is 21.3. The number of likely N-dealkylation sites (N-methyl/N-ethyl adjacent to an activating group) is 1.